The lowest BCUT2D eigenvalue weighted by molar-refractivity contribution is -0.131. The van der Waals surface area contributed by atoms with E-state index in [9.17, 15) is 4.79 Å². The Morgan fingerprint density at radius 1 is 1.55 bits per heavy atom. The molecule has 2 aliphatic rings. The van der Waals surface area contributed by atoms with Gasteiger partial charge in [-0.2, -0.15) is 11.3 Å². The van der Waals surface area contributed by atoms with Crippen molar-refractivity contribution in [1.29, 1.82) is 0 Å². The van der Waals surface area contributed by atoms with Gasteiger partial charge in [0.1, 0.15) is 0 Å². The standard InChI is InChI=1S/C14H21N3OS2/c18-14(17-2-4-20-10-17)13-5-12(8-16-13)7-15-6-11-1-3-19-9-11/h1,3,9,12-13,15-16H,2,4-8,10H2/t12-,13+/m1/s1. The van der Waals surface area contributed by atoms with E-state index in [1.807, 2.05) is 16.7 Å². The van der Waals surface area contributed by atoms with Gasteiger partial charge in [-0.05, 0) is 47.8 Å². The maximum atomic E-state index is 12.3. The largest absolute Gasteiger partial charge is 0.331 e. The van der Waals surface area contributed by atoms with Crippen molar-refractivity contribution in [2.45, 2.75) is 19.0 Å². The van der Waals surface area contributed by atoms with Crippen LogP contribution in [0.4, 0.5) is 0 Å². The Morgan fingerprint density at radius 3 is 3.25 bits per heavy atom. The van der Waals surface area contributed by atoms with Gasteiger partial charge in [-0.25, -0.2) is 0 Å². The maximum Gasteiger partial charge on any atom is 0.240 e. The van der Waals surface area contributed by atoms with Crippen LogP contribution < -0.4 is 10.6 Å². The van der Waals surface area contributed by atoms with Gasteiger partial charge in [0, 0.05) is 18.8 Å². The number of hydrogen-bond acceptors (Lipinski definition) is 5. The molecule has 4 nitrogen and oxygen atoms in total. The first-order chi connectivity index (χ1) is 9.83. The maximum absolute atomic E-state index is 12.3. The normalized spacial score (nSPS) is 26.3. The summed E-state index contributed by atoms with van der Waals surface area (Å²) < 4.78 is 0. The van der Waals surface area contributed by atoms with E-state index in [0.29, 0.717) is 11.8 Å². The van der Waals surface area contributed by atoms with Crippen LogP contribution >= 0.6 is 23.1 Å². The SMILES string of the molecule is O=C([C@@H]1C[C@H](CNCc2ccsc2)CN1)N1CCSC1. The zero-order valence-corrected chi connectivity index (χ0v) is 13.1. The molecule has 2 N–H and O–H groups in total. The minimum atomic E-state index is 0.0432. The molecular formula is C14H21N3OS2. The third-order valence-electron chi connectivity index (χ3n) is 3.93. The van der Waals surface area contributed by atoms with E-state index in [2.05, 4.69) is 27.5 Å². The van der Waals surface area contributed by atoms with Crippen molar-refractivity contribution in [2.75, 3.05) is 31.3 Å². The Morgan fingerprint density at radius 2 is 2.50 bits per heavy atom. The van der Waals surface area contributed by atoms with E-state index in [-0.39, 0.29) is 6.04 Å². The van der Waals surface area contributed by atoms with Crippen LogP contribution in [0.25, 0.3) is 0 Å². The summed E-state index contributed by atoms with van der Waals surface area (Å²) in [6, 6.07) is 2.20. The molecule has 3 rings (SSSR count). The summed E-state index contributed by atoms with van der Waals surface area (Å²) in [6.45, 7) is 3.79. The van der Waals surface area contributed by atoms with Crippen molar-refractivity contribution in [3.63, 3.8) is 0 Å². The predicted molar refractivity (Wildman–Crippen MR) is 85.0 cm³/mol. The highest BCUT2D eigenvalue weighted by Gasteiger charge is 2.32. The zero-order chi connectivity index (χ0) is 13.8. The number of rotatable bonds is 5. The van der Waals surface area contributed by atoms with Gasteiger partial charge in [-0.3, -0.25) is 4.79 Å². The van der Waals surface area contributed by atoms with Gasteiger partial charge in [0.2, 0.25) is 5.91 Å². The van der Waals surface area contributed by atoms with Crippen LogP contribution in [-0.2, 0) is 11.3 Å². The number of hydrogen-bond donors (Lipinski definition) is 2. The Hall–Kier alpha value is -0.560. The molecule has 2 atom stereocenters. The third kappa shape index (κ3) is 3.55. The van der Waals surface area contributed by atoms with E-state index in [1.165, 1.54) is 5.56 Å². The monoisotopic (exact) mass is 311 g/mol. The fourth-order valence-electron chi connectivity index (χ4n) is 2.77. The first-order valence-corrected chi connectivity index (χ1v) is 9.24. The first kappa shape index (κ1) is 14.4. The lowest BCUT2D eigenvalue weighted by atomic mass is 10.0. The highest BCUT2D eigenvalue weighted by Crippen LogP contribution is 2.20. The second kappa shape index (κ2) is 6.93. The van der Waals surface area contributed by atoms with Crippen molar-refractivity contribution in [3.8, 4) is 0 Å². The zero-order valence-electron chi connectivity index (χ0n) is 11.5. The van der Waals surface area contributed by atoms with Gasteiger partial charge in [0.15, 0.2) is 0 Å². The number of nitrogens with one attached hydrogen (secondary N) is 2. The molecule has 0 aliphatic carbocycles. The second-order valence-electron chi connectivity index (χ2n) is 5.46. The second-order valence-corrected chi connectivity index (χ2v) is 7.32. The van der Waals surface area contributed by atoms with E-state index >= 15 is 0 Å². The first-order valence-electron chi connectivity index (χ1n) is 7.14. The van der Waals surface area contributed by atoms with Gasteiger partial charge >= 0.3 is 0 Å². The Kier molecular flexibility index (Phi) is 4.99. The number of carbonyl (C=O) groups is 1. The van der Waals surface area contributed by atoms with Crippen LogP contribution in [0, 0.1) is 5.92 Å². The van der Waals surface area contributed by atoms with Crippen molar-refractivity contribution in [3.05, 3.63) is 22.4 Å². The number of carbonyl (C=O) groups excluding carboxylic acids is 1. The van der Waals surface area contributed by atoms with Gasteiger partial charge in [-0.1, -0.05) is 0 Å². The minimum absolute atomic E-state index is 0.0432. The summed E-state index contributed by atoms with van der Waals surface area (Å²) in [7, 11) is 0. The average molecular weight is 311 g/mol. The summed E-state index contributed by atoms with van der Waals surface area (Å²) in [5.41, 5.74) is 1.35. The predicted octanol–water partition coefficient (Wildman–Crippen LogP) is 1.35. The third-order valence-corrected chi connectivity index (χ3v) is 5.62. The van der Waals surface area contributed by atoms with Gasteiger partial charge < -0.3 is 15.5 Å². The average Bonchev–Trinajstić information content (AvgIpc) is 3.21. The highest BCUT2D eigenvalue weighted by atomic mass is 32.2. The molecule has 1 aromatic heterocycles. The molecule has 110 valence electrons. The van der Waals surface area contributed by atoms with E-state index < -0.39 is 0 Å². The molecule has 2 saturated heterocycles. The van der Waals surface area contributed by atoms with Gasteiger partial charge in [0.25, 0.3) is 0 Å². The molecule has 2 aliphatic heterocycles. The molecule has 0 unspecified atom stereocenters. The van der Waals surface area contributed by atoms with E-state index in [4.69, 9.17) is 0 Å². The van der Waals surface area contributed by atoms with Crippen LogP contribution in [0.3, 0.4) is 0 Å². The molecule has 0 aromatic carbocycles. The Balaban J connectivity index is 1.39. The van der Waals surface area contributed by atoms with Gasteiger partial charge in [0.05, 0.1) is 11.9 Å². The Labute approximate surface area is 128 Å². The number of thioether (sulfide) groups is 1. The minimum Gasteiger partial charge on any atom is -0.331 e. The molecule has 2 fully saturated rings. The highest BCUT2D eigenvalue weighted by molar-refractivity contribution is 7.99. The van der Waals surface area contributed by atoms with Crippen LogP contribution in [0.2, 0.25) is 0 Å². The van der Waals surface area contributed by atoms with Crippen LogP contribution in [0.1, 0.15) is 12.0 Å². The smallest absolute Gasteiger partial charge is 0.240 e. The molecule has 0 spiro atoms. The lowest BCUT2D eigenvalue weighted by Crippen LogP contribution is -2.42. The van der Waals surface area contributed by atoms with Gasteiger partial charge in [-0.15, -0.1) is 11.8 Å². The topological polar surface area (TPSA) is 44.4 Å². The number of nitrogens with zero attached hydrogens (tertiary/aromatic N) is 1. The molecule has 1 amide bonds. The molecular weight excluding hydrogens is 290 g/mol. The van der Waals surface area contributed by atoms with E-state index in [1.54, 1.807) is 11.3 Å². The van der Waals surface area contributed by atoms with Crippen molar-refractivity contribution >= 4 is 29.0 Å². The summed E-state index contributed by atoms with van der Waals surface area (Å²) in [6.07, 6.45) is 0.969. The summed E-state index contributed by atoms with van der Waals surface area (Å²) in [5, 5.41) is 11.2. The molecule has 0 bridgehead atoms. The summed E-state index contributed by atoms with van der Waals surface area (Å²) in [4.78, 5) is 14.3. The van der Waals surface area contributed by atoms with Crippen LogP contribution in [-0.4, -0.2) is 48.1 Å². The summed E-state index contributed by atoms with van der Waals surface area (Å²) >= 11 is 3.58. The van der Waals surface area contributed by atoms with E-state index in [0.717, 1.165) is 44.2 Å². The molecule has 3 heterocycles. The Bertz CT molecular complexity index is 432. The quantitative estimate of drug-likeness (QED) is 0.861. The fourth-order valence-corrected chi connectivity index (χ4v) is 4.40. The van der Waals surface area contributed by atoms with Crippen molar-refractivity contribution < 1.29 is 4.79 Å². The summed E-state index contributed by atoms with van der Waals surface area (Å²) in [5.74, 6) is 2.83. The van der Waals surface area contributed by atoms with Crippen molar-refractivity contribution in [1.82, 2.24) is 15.5 Å². The molecule has 0 radical (unpaired) electrons. The fraction of sp³-hybridized carbons (Fsp3) is 0.643. The molecule has 0 saturated carbocycles. The number of thiophene rings is 1. The number of amides is 1. The van der Waals surface area contributed by atoms with Crippen molar-refractivity contribution in [2.24, 2.45) is 5.92 Å². The molecule has 20 heavy (non-hydrogen) atoms. The van der Waals surface area contributed by atoms with Crippen LogP contribution in [0.15, 0.2) is 16.8 Å². The molecule has 1 aromatic rings. The lowest BCUT2D eigenvalue weighted by Gasteiger charge is -2.19. The van der Waals surface area contributed by atoms with Crippen LogP contribution in [0.5, 0.6) is 0 Å². The molecule has 6 heteroatoms.